The molecule has 0 radical (unpaired) electrons. The van der Waals surface area contributed by atoms with Crippen LogP contribution < -0.4 is 9.04 Å². The van der Waals surface area contributed by atoms with Crippen LogP contribution in [0.2, 0.25) is 0 Å². The number of benzene rings is 2. The van der Waals surface area contributed by atoms with E-state index in [2.05, 4.69) is 29.2 Å². The van der Waals surface area contributed by atoms with Gasteiger partial charge in [-0.15, -0.1) is 0 Å². The van der Waals surface area contributed by atoms with Gasteiger partial charge in [-0.1, -0.05) is 54.6 Å². The van der Waals surface area contributed by atoms with Gasteiger partial charge in [0.05, 0.1) is 18.5 Å². The van der Waals surface area contributed by atoms with Crippen LogP contribution in [0.1, 0.15) is 5.56 Å². The van der Waals surface area contributed by atoms with Crippen LogP contribution >= 0.6 is 0 Å². The molecule has 4 rings (SSSR count). The maximum absolute atomic E-state index is 13.1. The van der Waals surface area contributed by atoms with Crippen molar-refractivity contribution in [2.75, 3.05) is 49.8 Å². The van der Waals surface area contributed by atoms with Gasteiger partial charge in [0, 0.05) is 32.7 Å². The normalized spacial score (nSPS) is 19.8. The van der Waals surface area contributed by atoms with Crippen LogP contribution in [0.5, 0.6) is 5.75 Å². The highest BCUT2D eigenvalue weighted by Crippen LogP contribution is 2.35. The predicted molar refractivity (Wildman–Crippen MR) is 122 cm³/mol. The van der Waals surface area contributed by atoms with Gasteiger partial charge in [0.25, 0.3) is 5.91 Å². The summed E-state index contributed by atoms with van der Waals surface area (Å²) in [6.07, 6.45) is 4.55. The van der Waals surface area contributed by atoms with Gasteiger partial charge in [-0.3, -0.25) is 14.0 Å². The van der Waals surface area contributed by atoms with Crippen LogP contribution in [0.3, 0.4) is 0 Å². The van der Waals surface area contributed by atoms with E-state index in [1.165, 1.54) is 9.87 Å². The first kappa shape index (κ1) is 21.4. The minimum absolute atomic E-state index is 0.00525. The fraction of sp³-hybridized carbons (Fsp3) is 0.348. The lowest BCUT2D eigenvalue weighted by Gasteiger charge is -2.39. The molecule has 2 heterocycles. The van der Waals surface area contributed by atoms with Crippen molar-refractivity contribution in [3.8, 4) is 5.75 Å². The van der Waals surface area contributed by atoms with Crippen molar-refractivity contribution in [2.24, 2.45) is 0 Å². The molecule has 0 N–H and O–H groups in total. The second-order valence-electron chi connectivity index (χ2n) is 7.81. The fourth-order valence-electron chi connectivity index (χ4n) is 3.90. The molecule has 1 atom stereocenters. The third kappa shape index (κ3) is 5.08. The number of carbonyl (C=O) groups excluding carboxylic acids is 1. The third-order valence-corrected chi connectivity index (χ3v) is 6.71. The van der Waals surface area contributed by atoms with E-state index in [9.17, 15) is 13.2 Å². The van der Waals surface area contributed by atoms with Gasteiger partial charge >= 0.3 is 0 Å². The van der Waals surface area contributed by atoms with Gasteiger partial charge in [-0.05, 0) is 17.7 Å². The van der Waals surface area contributed by atoms with Gasteiger partial charge in [0.2, 0.25) is 10.0 Å². The average molecular weight is 442 g/mol. The molecule has 31 heavy (non-hydrogen) atoms. The van der Waals surface area contributed by atoms with Crippen LogP contribution in [-0.2, 0) is 14.8 Å². The number of ether oxygens (including phenoxy) is 1. The third-order valence-electron chi connectivity index (χ3n) is 5.57. The van der Waals surface area contributed by atoms with Crippen LogP contribution in [0.4, 0.5) is 5.69 Å². The summed E-state index contributed by atoms with van der Waals surface area (Å²) in [5, 5.41) is 0. The Kier molecular flexibility index (Phi) is 6.29. The number of amides is 1. The Morgan fingerprint density at radius 2 is 1.71 bits per heavy atom. The minimum Gasteiger partial charge on any atom is -0.476 e. The zero-order valence-corrected chi connectivity index (χ0v) is 18.4. The molecule has 1 saturated heterocycles. The molecule has 0 unspecified atom stereocenters. The van der Waals surface area contributed by atoms with Crippen LogP contribution in [0.25, 0.3) is 6.08 Å². The maximum Gasteiger partial charge on any atom is 0.265 e. The van der Waals surface area contributed by atoms with E-state index < -0.39 is 16.1 Å². The minimum atomic E-state index is -3.51. The van der Waals surface area contributed by atoms with Crippen molar-refractivity contribution >= 4 is 27.7 Å². The molecule has 2 aromatic carbocycles. The van der Waals surface area contributed by atoms with Crippen molar-refractivity contribution in [1.29, 1.82) is 0 Å². The summed E-state index contributed by atoms with van der Waals surface area (Å²) in [6, 6.07) is 17.1. The number of piperazine rings is 1. The summed E-state index contributed by atoms with van der Waals surface area (Å²) in [6.45, 7) is 3.55. The molecular formula is C23H27N3O4S. The van der Waals surface area contributed by atoms with Gasteiger partial charge in [-0.2, -0.15) is 0 Å². The molecule has 2 aliphatic rings. The number of rotatable bonds is 5. The maximum atomic E-state index is 13.1. The number of hydrogen-bond acceptors (Lipinski definition) is 5. The Morgan fingerprint density at radius 3 is 2.42 bits per heavy atom. The van der Waals surface area contributed by atoms with E-state index in [0.29, 0.717) is 24.5 Å². The standard InChI is InChI=1S/C23H27N3O4S/c1-31(28,29)26-18-22(30-21-12-6-5-11-20(21)26)23(27)25-16-14-24(15-17-25)13-7-10-19-8-3-2-4-9-19/h2-12,22H,13-18H2,1H3/b10-7+/t22-/m1/s1. The first-order chi connectivity index (χ1) is 14.9. The first-order valence-corrected chi connectivity index (χ1v) is 12.2. The van der Waals surface area contributed by atoms with E-state index in [1.54, 1.807) is 29.2 Å². The monoisotopic (exact) mass is 441 g/mol. The van der Waals surface area contributed by atoms with E-state index in [1.807, 2.05) is 18.2 Å². The summed E-state index contributed by atoms with van der Waals surface area (Å²) in [7, 11) is -3.51. The SMILES string of the molecule is CS(=O)(=O)N1C[C@H](C(=O)N2CCN(C/C=C/c3ccccc3)CC2)Oc2ccccc21. The second-order valence-corrected chi connectivity index (χ2v) is 9.71. The molecule has 164 valence electrons. The average Bonchev–Trinajstić information content (AvgIpc) is 2.78. The summed E-state index contributed by atoms with van der Waals surface area (Å²) in [4.78, 5) is 17.2. The highest BCUT2D eigenvalue weighted by molar-refractivity contribution is 7.92. The lowest BCUT2D eigenvalue weighted by Crippen LogP contribution is -2.56. The molecule has 0 saturated carbocycles. The second kappa shape index (κ2) is 9.11. The topological polar surface area (TPSA) is 70.2 Å². The van der Waals surface area contributed by atoms with Gasteiger partial charge in [-0.25, -0.2) is 8.42 Å². The Labute approximate surface area is 183 Å². The highest BCUT2D eigenvalue weighted by atomic mass is 32.2. The van der Waals surface area contributed by atoms with Crippen molar-refractivity contribution in [2.45, 2.75) is 6.10 Å². The molecule has 8 heteroatoms. The van der Waals surface area contributed by atoms with Crippen molar-refractivity contribution in [1.82, 2.24) is 9.80 Å². The quantitative estimate of drug-likeness (QED) is 0.711. The number of nitrogens with zero attached hydrogens (tertiary/aromatic N) is 3. The smallest absolute Gasteiger partial charge is 0.265 e. The Balaban J connectivity index is 1.35. The van der Waals surface area contributed by atoms with E-state index in [-0.39, 0.29) is 12.5 Å². The predicted octanol–water partition coefficient (Wildman–Crippen LogP) is 2.07. The molecule has 0 aromatic heterocycles. The first-order valence-electron chi connectivity index (χ1n) is 10.4. The van der Waals surface area contributed by atoms with Gasteiger partial charge < -0.3 is 9.64 Å². The van der Waals surface area contributed by atoms with Gasteiger partial charge in [0.15, 0.2) is 6.10 Å². The zero-order chi connectivity index (χ0) is 21.8. The molecule has 7 nitrogen and oxygen atoms in total. The number of carbonyl (C=O) groups is 1. The molecule has 0 bridgehead atoms. The number of sulfonamides is 1. The lowest BCUT2D eigenvalue weighted by atomic mass is 10.2. The molecule has 1 fully saturated rings. The largest absolute Gasteiger partial charge is 0.476 e. The number of para-hydroxylation sites is 2. The molecule has 2 aromatic rings. The molecule has 1 amide bonds. The van der Waals surface area contributed by atoms with Crippen molar-refractivity contribution in [3.63, 3.8) is 0 Å². The molecule has 0 spiro atoms. The van der Waals surface area contributed by atoms with Crippen molar-refractivity contribution in [3.05, 3.63) is 66.2 Å². The molecular weight excluding hydrogens is 414 g/mol. The van der Waals surface area contributed by atoms with Crippen molar-refractivity contribution < 1.29 is 17.9 Å². The number of hydrogen-bond donors (Lipinski definition) is 0. The van der Waals surface area contributed by atoms with Gasteiger partial charge in [0.1, 0.15) is 5.75 Å². The van der Waals surface area contributed by atoms with Crippen LogP contribution in [0.15, 0.2) is 60.7 Å². The van der Waals surface area contributed by atoms with Crippen LogP contribution in [-0.4, -0.2) is 75.8 Å². The summed E-state index contributed by atoms with van der Waals surface area (Å²) < 4.78 is 31.7. The van der Waals surface area contributed by atoms with E-state index in [4.69, 9.17) is 4.74 Å². The van der Waals surface area contributed by atoms with E-state index in [0.717, 1.165) is 25.9 Å². The van der Waals surface area contributed by atoms with E-state index >= 15 is 0 Å². The Hall–Kier alpha value is -2.84. The summed E-state index contributed by atoms with van der Waals surface area (Å²) >= 11 is 0. The van der Waals surface area contributed by atoms with Crippen LogP contribution in [0, 0.1) is 0 Å². The Morgan fingerprint density at radius 1 is 1.03 bits per heavy atom. The highest BCUT2D eigenvalue weighted by Gasteiger charge is 2.37. The number of fused-ring (bicyclic) bond motifs is 1. The molecule has 0 aliphatic carbocycles. The summed E-state index contributed by atoms with van der Waals surface area (Å²) in [5.41, 5.74) is 1.64. The summed E-state index contributed by atoms with van der Waals surface area (Å²) in [5.74, 6) is 0.254. The lowest BCUT2D eigenvalue weighted by molar-refractivity contribution is -0.140. The number of anilines is 1. The Bertz CT molecular complexity index is 1050. The molecule has 2 aliphatic heterocycles. The fourth-order valence-corrected chi connectivity index (χ4v) is 4.82. The zero-order valence-electron chi connectivity index (χ0n) is 17.6.